The Morgan fingerprint density at radius 2 is 2.00 bits per heavy atom. The van der Waals surface area contributed by atoms with Crippen molar-refractivity contribution >= 4 is 28.0 Å². The van der Waals surface area contributed by atoms with Crippen LogP contribution in [0.4, 0.5) is 0 Å². The van der Waals surface area contributed by atoms with Gasteiger partial charge in [0.1, 0.15) is 0 Å². The van der Waals surface area contributed by atoms with Crippen molar-refractivity contribution in [3.63, 3.8) is 0 Å². The number of aryl methyl sites for hydroxylation is 3. The van der Waals surface area contributed by atoms with Gasteiger partial charge in [-0.05, 0) is 32.0 Å². The molecular weight excluding hydrogens is 330 g/mol. The number of carbonyl (C=O) groups is 1. The Bertz CT molecular complexity index is 1140. The summed E-state index contributed by atoms with van der Waals surface area (Å²) in [6.45, 7) is 3.71. The van der Waals surface area contributed by atoms with Crippen molar-refractivity contribution in [3.8, 4) is 0 Å². The fourth-order valence-corrected chi connectivity index (χ4v) is 3.23. The maximum absolute atomic E-state index is 12.6. The lowest BCUT2D eigenvalue weighted by atomic mass is 10.2. The molecule has 4 rings (SSSR count). The third-order valence-corrected chi connectivity index (χ3v) is 4.57. The van der Waals surface area contributed by atoms with Gasteiger partial charge in [0.2, 0.25) is 0 Å². The number of pyridine rings is 1. The summed E-state index contributed by atoms with van der Waals surface area (Å²) < 4.78 is 9.28. The summed E-state index contributed by atoms with van der Waals surface area (Å²) >= 11 is 0. The Hall–Kier alpha value is -3.22. The van der Waals surface area contributed by atoms with Gasteiger partial charge in [-0.1, -0.05) is 12.1 Å². The molecule has 0 radical (unpaired) electrons. The fraction of sp³-hybridized carbons (Fsp3) is 0.263. The number of hydrogen-bond acceptors (Lipinski definition) is 5. The Morgan fingerprint density at radius 3 is 2.77 bits per heavy atom. The molecule has 1 atom stereocenters. The maximum atomic E-state index is 12.6. The summed E-state index contributed by atoms with van der Waals surface area (Å²) in [5.41, 5.74) is 3.84. The van der Waals surface area contributed by atoms with Gasteiger partial charge in [0, 0.05) is 25.7 Å². The quantitative estimate of drug-likeness (QED) is 0.531. The second-order valence-electron chi connectivity index (χ2n) is 6.37. The molecular formula is C19H19N5O2. The van der Waals surface area contributed by atoms with Crippen molar-refractivity contribution in [2.75, 3.05) is 0 Å². The van der Waals surface area contributed by atoms with E-state index in [0.717, 1.165) is 27.8 Å². The lowest BCUT2D eigenvalue weighted by Gasteiger charge is -2.13. The van der Waals surface area contributed by atoms with Crippen LogP contribution in [0.3, 0.4) is 0 Å². The monoisotopic (exact) mass is 349 g/mol. The van der Waals surface area contributed by atoms with E-state index in [9.17, 15) is 4.79 Å². The first-order valence-corrected chi connectivity index (χ1v) is 8.37. The van der Waals surface area contributed by atoms with Gasteiger partial charge in [-0.25, -0.2) is 14.8 Å². The van der Waals surface area contributed by atoms with Gasteiger partial charge < -0.3 is 9.30 Å². The van der Waals surface area contributed by atoms with Gasteiger partial charge in [0.25, 0.3) is 0 Å². The maximum Gasteiger partial charge on any atom is 0.340 e. The number of benzene rings is 1. The third kappa shape index (κ3) is 2.52. The number of rotatable bonds is 3. The molecule has 7 heteroatoms. The highest BCUT2D eigenvalue weighted by Crippen LogP contribution is 2.23. The van der Waals surface area contributed by atoms with Crippen LogP contribution >= 0.6 is 0 Å². The van der Waals surface area contributed by atoms with Crippen LogP contribution in [0.1, 0.15) is 34.9 Å². The zero-order valence-corrected chi connectivity index (χ0v) is 15.1. The molecule has 0 saturated carbocycles. The highest BCUT2D eigenvalue weighted by atomic mass is 16.5. The first-order valence-electron chi connectivity index (χ1n) is 8.37. The van der Waals surface area contributed by atoms with Gasteiger partial charge in [-0.2, -0.15) is 5.10 Å². The van der Waals surface area contributed by atoms with E-state index >= 15 is 0 Å². The minimum atomic E-state index is -0.481. The predicted octanol–water partition coefficient (Wildman–Crippen LogP) is 3.08. The number of hydrogen-bond donors (Lipinski definition) is 0. The number of ether oxygens (including phenoxy) is 1. The molecule has 1 aromatic carbocycles. The predicted molar refractivity (Wildman–Crippen MR) is 97.8 cm³/mol. The molecule has 132 valence electrons. The molecule has 0 fully saturated rings. The first-order chi connectivity index (χ1) is 12.5. The van der Waals surface area contributed by atoms with Crippen molar-refractivity contribution in [2.45, 2.75) is 20.0 Å². The van der Waals surface area contributed by atoms with Crippen LogP contribution in [0.2, 0.25) is 0 Å². The second kappa shape index (κ2) is 5.94. The van der Waals surface area contributed by atoms with E-state index in [1.165, 1.54) is 6.20 Å². The highest BCUT2D eigenvalue weighted by Gasteiger charge is 2.20. The van der Waals surface area contributed by atoms with E-state index in [1.54, 1.807) is 10.7 Å². The van der Waals surface area contributed by atoms with Gasteiger partial charge >= 0.3 is 5.97 Å². The number of imidazole rings is 1. The third-order valence-electron chi connectivity index (χ3n) is 4.57. The Balaban J connectivity index is 1.62. The Kier molecular flexibility index (Phi) is 3.72. The normalized spacial score (nSPS) is 12.6. The van der Waals surface area contributed by atoms with E-state index in [1.807, 2.05) is 56.8 Å². The zero-order valence-electron chi connectivity index (χ0n) is 15.1. The molecule has 0 aliphatic rings. The van der Waals surface area contributed by atoms with E-state index in [-0.39, 0.29) is 0 Å². The van der Waals surface area contributed by atoms with Crippen LogP contribution in [-0.4, -0.2) is 30.3 Å². The standard InChI is InChI=1S/C19H19N5O2/c1-11-14-9-13(10-20-18(14)24(4)22-11)19(25)26-12(2)17-21-15-7-5-6-8-16(15)23(17)3/h5-10,12H,1-4H3. The van der Waals surface area contributed by atoms with E-state index in [0.29, 0.717) is 11.4 Å². The van der Waals surface area contributed by atoms with Gasteiger partial charge in [-0.3, -0.25) is 4.68 Å². The molecule has 1 unspecified atom stereocenters. The molecule has 0 aliphatic carbocycles. The Labute approximate surface area is 150 Å². The van der Waals surface area contributed by atoms with Gasteiger partial charge in [-0.15, -0.1) is 0 Å². The highest BCUT2D eigenvalue weighted by molar-refractivity contribution is 5.93. The topological polar surface area (TPSA) is 74.8 Å². The zero-order chi connectivity index (χ0) is 18.4. The minimum Gasteiger partial charge on any atom is -0.451 e. The van der Waals surface area contributed by atoms with Gasteiger partial charge in [0.05, 0.1) is 22.3 Å². The number of para-hydroxylation sites is 2. The molecule has 26 heavy (non-hydrogen) atoms. The summed E-state index contributed by atoms with van der Waals surface area (Å²) in [5, 5.41) is 5.17. The number of nitrogens with zero attached hydrogens (tertiary/aromatic N) is 5. The number of esters is 1. The molecule has 0 saturated heterocycles. The summed E-state index contributed by atoms with van der Waals surface area (Å²) in [6, 6.07) is 9.60. The van der Waals surface area contributed by atoms with E-state index in [2.05, 4.69) is 15.1 Å². The number of carbonyl (C=O) groups excluding carboxylic acids is 1. The number of aromatic nitrogens is 5. The largest absolute Gasteiger partial charge is 0.451 e. The number of fused-ring (bicyclic) bond motifs is 2. The average molecular weight is 349 g/mol. The second-order valence-corrected chi connectivity index (χ2v) is 6.37. The summed E-state index contributed by atoms with van der Waals surface area (Å²) in [5.74, 6) is 0.272. The van der Waals surface area contributed by atoms with Crippen molar-refractivity contribution < 1.29 is 9.53 Å². The van der Waals surface area contributed by atoms with Crippen molar-refractivity contribution in [1.29, 1.82) is 0 Å². The van der Waals surface area contributed by atoms with E-state index < -0.39 is 12.1 Å². The summed E-state index contributed by atoms with van der Waals surface area (Å²) in [7, 11) is 3.75. The van der Waals surface area contributed by atoms with Crippen LogP contribution in [0, 0.1) is 6.92 Å². The molecule has 7 nitrogen and oxygen atoms in total. The van der Waals surface area contributed by atoms with Crippen LogP contribution in [0.25, 0.3) is 22.1 Å². The van der Waals surface area contributed by atoms with Crippen LogP contribution in [0.5, 0.6) is 0 Å². The van der Waals surface area contributed by atoms with Crippen LogP contribution in [0.15, 0.2) is 36.5 Å². The summed E-state index contributed by atoms with van der Waals surface area (Å²) in [6.07, 6.45) is 1.04. The molecule has 0 aliphatic heterocycles. The summed E-state index contributed by atoms with van der Waals surface area (Å²) in [4.78, 5) is 21.5. The smallest absolute Gasteiger partial charge is 0.340 e. The molecule has 3 heterocycles. The van der Waals surface area contributed by atoms with Gasteiger partial charge in [0.15, 0.2) is 17.6 Å². The fourth-order valence-electron chi connectivity index (χ4n) is 3.23. The SMILES string of the molecule is Cc1nn(C)c2ncc(C(=O)OC(C)c3nc4ccccc4n3C)cc12. The van der Waals surface area contributed by atoms with Crippen LogP contribution < -0.4 is 0 Å². The van der Waals surface area contributed by atoms with E-state index in [4.69, 9.17) is 4.74 Å². The molecule has 4 aromatic rings. The minimum absolute atomic E-state index is 0.402. The first kappa shape index (κ1) is 16.3. The molecule has 0 spiro atoms. The lowest BCUT2D eigenvalue weighted by Crippen LogP contribution is -2.13. The van der Waals surface area contributed by atoms with Crippen molar-refractivity contribution in [3.05, 3.63) is 53.6 Å². The van der Waals surface area contributed by atoms with Crippen molar-refractivity contribution in [2.24, 2.45) is 14.1 Å². The molecule has 0 N–H and O–H groups in total. The average Bonchev–Trinajstić information content (AvgIpc) is 3.12. The lowest BCUT2D eigenvalue weighted by molar-refractivity contribution is 0.0315. The molecule has 0 bridgehead atoms. The molecule has 3 aromatic heterocycles. The van der Waals surface area contributed by atoms with Crippen LogP contribution in [-0.2, 0) is 18.8 Å². The van der Waals surface area contributed by atoms with Crippen molar-refractivity contribution in [1.82, 2.24) is 24.3 Å². The molecule has 0 amide bonds. The Morgan fingerprint density at radius 1 is 1.23 bits per heavy atom.